The maximum absolute atomic E-state index is 9.95. The maximum Gasteiger partial charge on any atom is 0.0735 e. The van der Waals surface area contributed by atoms with E-state index < -0.39 is 0 Å². The summed E-state index contributed by atoms with van der Waals surface area (Å²) in [6.45, 7) is 6.41. The third-order valence-corrected chi connectivity index (χ3v) is 3.77. The highest BCUT2D eigenvalue weighted by Crippen LogP contribution is 2.37. The van der Waals surface area contributed by atoms with Gasteiger partial charge >= 0.3 is 0 Å². The van der Waals surface area contributed by atoms with E-state index in [0.717, 1.165) is 38.8 Å². The molecule has 0 aromatic carbocycles. The van der Waals surface area contributed by atoms with Crippen LogP contribution in [0.4, 0.5) is 0 Å². The molecular weight excluding hydrogens is 190 g/mol. The van der Waals surface area contributed by atoms with E-state index in [1.807, 2.05) is 0 Å². The average Bonchev–Trinajstić information content (AvgIpc) is 2.17. The number of ether oxygens (including phenoxy) is 1. The van der Waals surface area contributed by atoms with E-state index >= 15 is 0 Å². The van der Waals surface area contributed by atoms with Gasteiger partial charge in [0.15, 0.2) is 0 Å². The Balaban J connectivity index is 2.04. The van der Waals surface area contributed by atoms with Gasteiger partial charge in [-0.25, -0.2) is 0 Å². The quantitative estimate of drug-likeness (QED) is 0.690. The van der Waals surface area contributed by atoms with Crippen molar-refractivity contribution < 1.29 is 9.84 Å². The number of aliphatic hydroxyl groups excluding tert-OH is 1. The molecule has 0 aromatic rings. The molecule has 2 aliphatic heterocycles. The Morgan fingerprint density at radius 3 is 2.60 bits per heavy atom. The van der Waals surface area contributed by atoms with Crippen LogP contribution in [0.1, 0.15) is 39.5 Å². The SMILES string of the molecule is CC(C)[C@H]1C[C@@H](O)CC2(CCNCC2)O1. The van der Waals surface area contributed by atoms with Gasteiger partial charge in [-0.05, 0) is 38.3 Å². The first-order valence-electron chi connectivity index (χ1n) is 6.18. The molecule has 0 saturated carbocycles. The van der Waals surface area contributed by atoms with Crippen LogP contribution >= 0.6 is 0 Å². The number of hydrogen-bond acceptors (Lipinski definition) is 3. The van der Waals surface area contributed by atoms with Gasteiger partial charge in [0.2, 0.25) is 0 Å². The minimum absolute atomic E-state index is 0.0299. The van der Waals surface area contributed by atoms with Crippen molar-refractivity contribution in [1.29, 1.82) is 0 Å². The Morgan fingerprint density at radius 2 is 2.00 bits per heavy atom. The second kappa shape index (κ2) is 4.40. The van der Waals surface area contributed by atoms with E-state index in [9.17, 15) is 5.11 Å². The number of hydrogen-bond donors (Lipinski definition) is 2. The van der Waals surface area contributed by atoms with Crippen LogP contribution in [0, 0.1) is 5.92 Å². The lowest BCUT2D eigenvalue weighted by Gasteiger charge is -2.47. The van der Waals surface area contributed by atoms with Crippen LogP contribution < -0.4 is 5.32 Å². The van der Waals surface area contributed by atoms with Crippen molar-refractivity contribution in [2.75, 3.05) is 13.1 Å². The number of aliphatic hydroxyl groups is 1. The number of nitrogens with one attached hydrogen (secondary N) is 1. The Morgan fingerprint density at radius 1 is 1.33 bits per heavy atom. The van der Waals surface area contributed by atoms with Crippen LogP contribution in [0.3, 0.4) is 0 Å². The van der Waals surface area contributed by atoms with E-state index in [4.69, 9.17) is 4.74 Å². The zero-order valence-electron chi connectivity index (χ0n) is 9.83. The molecule has 3 nitrogen and oxygen atoms in total. The van der Waals surface area contributed by atoms with E-state index in [0.29, 0.717) is 5.92 Å². The second-order valence-electron chi connectivity index (χ2n) is 5.43. The van der Waals surface area contributed by atoms with Gasteiger partial charge in [0.05, 0.1) is 17.8 Å². The Bertz CT molecular complexity index is 212. The molecule has 1 spiro atoms. The van der Waals surface area contributed by atoms with Gasteiger partial charge in [-0.15, -0.1) is 0 Å². The zero-order valence-corrected chi connectivity index (χ0v) is 9.83. The Kier molecular flexibility index (Phi) is 3.33. The van der Waals surface area contributed by atoms with Gasteiger partial charge in [0.1, 0.15) is 0 Å². The van der Waals surface area contributed by atoms with E-state index in [1.54, 1.807) is 0 Å². The predicted octanol–water partition coefficient (Wildman–Crippen LogP) is 1.30. The number of piperidine rings is 1. The van der Waals surface area contributed by atoms with E-state index in [2.05, 4.69) is 19.2 Å². The summed E-state index contributed by atoms with van der Waals surface area (Å²) >= 11 is 0. The highest BCUT2D eigenvalue weighted by atomic mass is 16.5. The first-order chi connectivity index (χ1) is 7.11. The molecule has 0 radical (unpaired) electrons. The largest absolute Gasteiger partial charge is 0.393 e. The standard InChI is InChI=1S/C12H23NO2/c1-9(2)11-7-10(14)8-12(15-11)3-5-13-6-4-12/h9-11,13-14H,3-8H2,1-2H3/t10-,11-/m1/s1. The second-order valence-corrected chi connectivity index (χ2v) is 5.43. The minimum atomic E-state index is -0.163. The molecule has 15 heavy (non-hydrogen) atoms. The molecule has 88 valence electrons. The first-order valence-corrected chi connectivity index (χ1v) is 6.18. The highest BCUT2D eigenvalue weighted by molar-refractivity contribution is 4.94. The summed E-state index contributed by atoms with van der Waals surface area (Å²) in [4.78, 5) is 0. The van der Waals surface area contributed by atoms with Gasteiger partial charge in [0.25, 0.3) is 0 Å². The topological polar surface area (TPSA) is 41.5 Å². The lowest BCUT2D eigenvalue weighted by Crippen LogP contribution is -2.52. The molecular formula is C12H23NO2. The maximum atomic E-state index is 9.95. The normalized spacial score (nSPS) is 36.0. The van der Waals surface area contributed by atoms with Crippen LogP contribution in [0.15, 0.2) is 0 Å². The molecule has 0 bridgehead atoms. The molecule has 3 heteroatoms. The fourth-order valence-electron chi connectivity index (χ4n) is 2.81. The van der Waals surface area contributed by atoms with Crippen molar-refractivity contribution in [2.45, 2.75) is 57.3 Å². The van der Waals surface area contributed by atoms with Crippen molar-refractivity contribution in [2.24, 2.45) is 5.92 Å². The summed E-state index contributed by atoms with van der Waals surface area (Å²) in [6.07, 6.45) is 3.82. The van der Waals surface area contributed by atoms with Crippen LogP contribution in [0.2, 0.25) is 0 Å². The van der Waals surface area contributed by atoms with Crippen molar-refractivity contribution in [1.82, 2.24) is 5.32 Å². The molecule has 2 N–H and O–H groups in total. The molecule has 0 unspecified atom stereocenters. The van der Waals surface area contributed by atoms with Crippen LogP contribution in [-0.4, -0.2) is 36.0 Å². The molecule has 2 aliphatic rings. The summed E-state index contributed by atoms with van der Waals surface area (Å²) in [5.74, 6) is 0.506. The highest BCUT2D eigenvalue weighted by Gasteiger charge is 2.42. The van der Waals surface area contributed by atoms with Crippen LogP contribution in [0.5, 0.6) is 0 Å². The lowest BCUT2D eigenvalue weighted by molar-refractivity contribution is -0.184. The Hall–Kier alpha value is -0.120. The monoisotopic (exact) mass is 213 g/mol. The molecule has 2 heterocycles. The summed E-state index contributed by atoms with van der Waals surface area (Å²) in [6, 6.07) is 0. The predicted molar refractivity (Wildman–Crippen MR) is 59.8 cm³/mol. The fraction of sp³-hybridized carbons (Fsp3) is 1.00. The zero-order chi connectivity index (χ0) is 10.9. The van der Waals surface area contributed by atoms with Crippen LogP contribution in [0.25, 0.3) is 0 Å². The average molecular weight is 213 g/mol. The van der Waals surface area contributed by atoms with Gasteiger partial charge in [-0.1, -0.05) is 13.8 Å². The smallest absolute Gasteiger partial charge is 0.0735 e. The van der Waals surface area contributed by atoms with E-state index in [-0.39, 0.29) is 17.8 Å². The molecule has 0 aromatic heterocycles. The Labute approximate surface area is 92.2 Å². The van der Waals surface area contributed by atoms with Gasteiger partial charge < -0.3 is 15.2 Å². The van der Waals surface area contributed by atoms with Gasteiger partial charge in [-0.2, -0.15) is 0 Å². The molecule has 2 saturated heterocycles. The molecule has 2 fully saturated rings. The third-order valence-electron chi connectivity index (χ3n) is 3.77. The molecule has 0 aliphatic carbocycles. The van der Waals surface area contributed by atoms with E-state index in [1.165, 1.54) is 0 Å². The van der Waals surface area contributed by atoms with Crippen LogP contribution in [-0.2, 0) is 4.74 Å². The summed E-state index contributed by atoms with van der Waals surface area (Å²) in [5.41, 5.74) is -0.0299. The van der Waals surface area contributed by atoms with Crippen molar-refractivity contribution in [3.63, 3.8) is 0 Å². The summed E-state index contributed by atoms with van der Waals surface area (Å²) in [5, 5.41) is 13.3. The molecule has 2 atom stereocenters. The first kappa shape index (κ1) is 11.4. The van der Waals surface area contributed by atoms with Gasteiger partial charge in [0, 0.05) is 6.42 Å². The third kappa shape index (κ3) is 2.52. The van der Waals surface area contributed by atoms with Crippen molar-refractivity contribution in [3.05, 3.63) is 0 Å². The van der Waals surface area contributed by atoms with Crippen molar-refractivity contribution >= 4 is 0 Å². The minimum Gasteiger partial charge on any atom is -0.393 e. The fourth-order valence-corrected chi connectivity index (χ4v) is 2.81. The summed E-state index contributed by atoms with van der Waals surface area (Å²) in [7, 11) is 0. The molecule has 0 amide bonds. The number of rotatable bonds is 1. The van der Waals surface area contributed by atoms with Gasteiger partial charge in [-0.3, -0.25) is 0 Å². The van der Waals surface area contributed by atoms with Crippen molar-refractivity contribution in [3.8, 4) is 0 Å². The lowest BCUT2D eigenvalue weighted by atomic mass is 9.81. The molecule has 2 rings (SSSR count). The summed E-state index contributed by atoms with van der Waals surface area (Å²) < 4.78 is 6.25.